The molecule has 0 aliphatic carbocycles. The summed E-state index contributed by atoms with van der Waals surface area (Å²) in [6.07, 6.45) is -4.68. The molecule has 0 fully saturated rings. The molecule has 2 aromatic rings. The summed E-state index contributed by atoms with van der Waals surface area (Å²) in [5.41, 5.74) is -0.581. The van der Waals surface area contributed by atoms with Crippen LogP contribution in [0.1, 0.15) is 30.7 Å². The van der Waals surface area contributed by atoms with Crippen molar-refractivity contribution in [1.82, 2.24) is 4.98 Å². The number of aromatic nitrogens is 1. The van der Waals surface area contributed by atoms with Crippen LogP contribution in [0.2, 0.25) is 10.0 Å². The van der Waals surface area contributed by atoms with Gasteiger partial charge in [-0.15, -0.1) is 0 Å². The van der Waals surface area contributed by atoms with Crippen molar-refractivity contribution in [2.45, 2.75) is 32.1 Å². The van der Waals surface area contributed by atoms with Crippen molar-refractivity contribution < 1.29 is 23.0 Å². The quantitative estimate of drug-likeness (QED) is 0.663. The summed E-state index contributed by atoms with van der Waals surface area (Å²) in [6.45, 7) is 3.19. The monoisotopic (exact) mass is 474 g/mol. The van der Waals surface area contributed by atoms with Gasteiger partial charge in [-0.2, -0.15) is 13.2 Å². The van der Waals surface area contributed by atoms with Gasteiger partial charge in [0.05, 0.1) is 46.8 Å². The molecule has 1 aromatic carbocycles. The first-order valence-corrected chi connectivity index (χ1v) is 9.96. The molecule has 31 heavy (non-hydrogen) atoms. The number of ether oxygens (including phenoxy) is 1. The van der Waals surface area contributed by atoms with E-state index >= 15 is 0 Å². The Kier molecular flexibility index (Phi) is 6.78. The summed E-state index contributed by atoms with van der Waals surface area (Å²) in [5.74, 6) is 0.562. The number of pyridine rings is 1. The van der Waals surface area contributed by atoms with E-state index in [4.69, 9.17) is 27.9 Å². The highest BCUT2D eigenvalue weighted by Crippen LogP contribution is 2.41. The summed E-state index contributed by atoms with van der Waals surface area (Å²) in [6, 6.07) is 4.10. The SMILES string of the molecule is COc1ccc(Cl)c(C2=N[C@@H](C)C(=NC(C)CO)Nc3ccc(C(F)(F)F)c(Cl)c32)n1. The lowest BCUT2D eigenvalue weighted by atomic mass is 10.0. The van der Waals surface area contributed by atoms with E-state index in [2.05, 4.69) is 20.3 Å². The van der Waals surface area contributed by atoms with Crippen molar-refractivity contribution in [3.8, 4) is 5.88 Å². The Morgan fingerprint density at radius 2 is 1.97 bits per heavy atom. The van der Waals surface area contributed by atoms with Crippen molar-refractivity contribution in [2.24, 2.45) is 9.98 Å². The Morgan fingerprint density at radius 3 is 2.58 bits per heavy atom. The van der Waals surface area contributed by atoms with Gasteiger partial charge in [-0.25, -0.2) is 4.98 Å². The lowest BCUT2D eigenvalue weighted by Gasteiger charge is -2.18. The number of nitrogens with one attached hydrogen (secondary N) is 1. The Labute approximate surface area is 186 Å². The minimum absolute atomic E-state index is 0.00662. The number of benzene rings is 1. The van der Waals surface area contributed by atoms with E-state index in [1.165, 1.54) is 25.3 Å². The van der Waals surface area contributed by atoms with Crippen LogP contribution in [0.25, 0.3) is 0 Å². The standard InChI is InChI=1S/C20H19Cl2F3N4O2/c1-9(8-30)26-19-10(2)27-18(17-12(21)5-7-14(29-17)31-3)15-13(28-19)6-4-11(16(15)22)20(23,24)25/h4-7,9-10,30H,8H2,1-3H3,(H,26,28)/t9?,10-/m0/s1. The number of fused-ring (bicyclic) bond motifs is 1. The lowest BCUT2D eigenvalue weighted by molar-refractivity contribution is -0.137. The number of aliphatic hydroxyl groups excluding tert-OH is 1. The number of aliphatic imine (C=N–C) groups is 2. The number of hydrogen-bond donors (Lipinski definition) is 2. The Morgan fingerprint density at radius 1 is 1.26 bits per heavy atom. The molecule has 2 atom stereocenters. The highest BCUT2D eigenvalue weighted by atomic mass is 35.5. The van der Waals surface area contributed by atoms with Gasteiger partial charge in [0.15, 0.2) is 0 Å². The van der Waals surface area contributed by atoms with Crippen molar-refractivity contribution in [2.75, 3.05) is 19.0 Å². The Balaban J connectivity index is 2.34. The predicted octanol–water partition coefficient (Wildman–Crippen LogP) is 4.85. The average Bonchev–Trinajstić information content (AvgIpc) is 2.84. The first-order chi connectivity index (χ1) is 14.6. The zero-order valence-electron chi connectivity index (χ0n) is 16.8. The minimum Gasteiger partial charge on any atom is -0.481 e. The molecule has 1 aromatic heterocycles. The third-order valence-electron chi connectivity index (χ3n) is 4.54. The second-order valence-electron chi connectivity index (χ2n) is 6.86. The number of hydrogen-bond acceptors (Lipinski definition) is 5. The third kappa shape index (κ3) is 4.78. The van der Waals surface area contributed by atoms with E-state index in [0.29, 0.717) is 5.84 Å². The first kappa shape index (κ1) is 23.3. The Hall–Kier alpha value is -2.36. The fourth-order valence-corrected chi connectivity index (χ4v) is 3.55. The molecule has 3 rings (SSSR count). The zero-order valence-corrected chi connectivity index (χ0v) is 18.3. The summed E-state index contributed by atoms with van der Waals surface area (Å²) < 4.78 is 45.8. The molecule has 0 spiro atoms. The second-order valence-corrected chi connectivity index (χ2v) is 7.64. The number of halogens is 5. The number of amidine groups is 1. The fraction of sp³-hybridized carbons (Fsp3) is 0.350. The maximum Gasteiger partial charge on any atom is 0.417 e. The van der Waals surface area contributed by atoms with Gasteiger partial charge in [-0.3, -0.25) is 9.98 Å². The smallest absolute Gasteiger partial charge is 0.417 e. The number of anilines is 1. The van der Waals surface area contributed by atoms with Gasteiger partial charge < -0.3 is 15.2 Å². The highest BCUT2D eigenvalue weighted by Gasteiger charge is 2.37. The van der Waals surface area contributed by atoms with Crippen LogP contribution in [0.5, 0.6) is 5.88 Å². The first-order valence-electron chi connectivity index (χ1n) is 9.21. The summed E-state index contributed by atoms with van der Waals surface area (Å²) in [4.78, 5) is 13.2. The molecule has 1 aliphatic rings. The van der Waals surface area contributed by atoms with Crippen molar-refractivity contribution in [3.05, 3.63) is 51.1 Å². The van der Waals surface area contributed by atoms with E-state index in [1.807, 2.05) is 0 Å². The van der Waals surface area contributed by atoms with Crippen LogP contribution in [0.3, 0.4) is 0 Å². The molecule has 1 aliphatic heterocycles. The van der Waals surface area contributed by atoms with Gasteiger partial charge in [0, 0.05) is 11.6 Å². The number of alkyl halides is 3. The number of methoxy groups -OCH3 is 1. The molecule has 0 radical (unpaired) electrons. The van der Waals surface area contributed by atoms with E-state index < -0.39 is 28.8 Å². The maximum atomic E-state index is 13.6. The van der Waals surface area contributed by atoms with E-state index in [1.54, 1.807) is 13.8 Å². The van der Waals surface area contributed by atoms with Gasteiger partial charge in [-0.05, 0) is 32.0 Å². The molecular weight excluding hydrogens is 456 g/mol. The van der Waals surface area contributed by atoms with Crippen LogP contribution in [-0.2, 0) is 6.18 Å². The highest BCUT2D eigenvalue weighted by molar-refractivity contribution is 6.40. The molecule has 166 valence electrons. The molecule has 0 bridgehead atoms. The Bertz CT molecular complexity index is 1060. The van der Waals surface area contributed by atoms with Crippen LogP contribution < -0.4 is 10.1 Å². The normalized spacial score (nSPS) is 18.7. The average molecular weight is 475 g/mol. The van der Waals surface area contributed by atoms with Crippen LogP contribution in [-0.4, -0.2) is 47.4 Å². The minimum atomic E-state index is -4.68. The molecule has 6 nitrogen and oxygen atoms in total. The summed E-state index contributed by atoms with van der Waals surface area (Å²) >= 11 is 12.6. The summed E-state index contributed by atoms with van der Waals surface area (Å²) in [5, 5.41) is 12.0. The largest absolute Gasteiger partial charge is 0.481 e. The predicted molar refractivity (Wildman–Crippen MR) is 115 cm³/mol. The molecular formula is C20H19Cl2F3N4O2. The third-order valence-corrected chi connectivity index (χ3v) is 5.24. The van der Waals surface area contributed by atoms with Crippen molar-refractivity contribution in [1.29, 1.82) is 0 Å². The molecule has 2 N–H and O–H groups in total. The van der Waals surface area contributed by atoms with E-state index in [9.17, 15) is 18.3 Å². The number of aliphatic hydroxyl groups is 1. The molecule has 0 saturated heterocycles. The van der Waals surface area contributed by atoms with Gasteiger partial charge in [0.1, 0.15) is 17.6 Å². The molecule has 2 heterocycles. The lowest BCUT2D eigenvalue weighted by Crippen LogP contribution is -2.26. The molecule has 0 amide bonds. The molecule has 1 unspecified atom stereocenters. The van der Waals surface area contributed by atoms with Crippen LogP contribution >= 0.6 is 23.2 Å². The number of nitrogens with zero attached hydrogens (tertiary/aromatic N) is 3. The van der Waals surface area contributed by atoms with Crippen LogP contribution in [0.15, 0.2) is 34.3 Å². The van der Waals surface area contributed by atoms with Crippen molar-refractivity contribution >= 4 is 40.4 Å². The number of rotatable bonds is 4. The maximum absolute atomic E-state index is 13.6. The van der Waals surface area contributed by atoms with Gasteiger partial charge in [-0.1, -0.05) is 23.2 Å². The fourth-order valence-electron chi connectivity index (χ4n) is 2.99. The van der Waals surface area contributed by atoms with Crippen LogP contribution in [0, 0.1) is 0 Å². The van der Waals surface area contributed by atoms with E-state index in [0.717, 1.165) is 6.07 Å². The molecule has 11 heteroatoms. The zero-order chi connectivity index (χ0) is 22.9. The topological polar surface area (TPSA) is 79.1 Å². The summed E-state index contributed by atoms with van der Waals surface area (Å²) in [7, 11) is 1.41. The van der Waals surface area contributed by atoms with Crippen LogP contribution in [0.4, 0.5) is 18.9 Å². The molecule has 0 saturated carbocycles. The number of benzodiazepines with no additional fused rings is 1. The van der Waals surface area contributed by atoms with E-state index in [-0.39, 0.29) is 40.2 Å². The second kappa shape index (κ2) is 9.02. The van der Waals surface area contributed by atoms with Crippen molar-refractivity contribution in [3.63, 3.8) is 0 Å². The van der Waals surface area contributed by atoms with Gasteiger partial charge >= 0.3 is 6.18 Å². The van der Waals surface area contributed by atoms with Gasteiger partial charge in [0.2, 0.25) is 5.88 Å². The van der Waals surface area contributed by atoms with Gasteiger partial charge in [0.25, 0.3) is 0 Å².